The first-order valence-electron chi connectivity index (χ1n) is 5.64. The van der Waals surface area contributed by atoms with Gasteiger partial charge in [0.25, 0.3) is 5.91 Å². The molecule has 0 aliphatic heterocycles. The summed E-state index contributed by atoms with van der Waals surface area (Å²) >= 11 is 0. The van der Waals surface area contributed by atoms with E-state index in [-0.39, 0.29) is 24.8 Å². The van der Waals surface area contributed by atoms with Crippen molar-refractivity contribution in [2.24, 2.45) is 0 Å². The minimum absolute atomic E-state index is 0.103. The lowest BCUT2D eigenvalue weighted by Gasteiger charge is -1.98. The monoisotopic (exact) mass is 246 g/mol. The molecule has 0 aliphatic rings. The maximum Gasteiger partial charge on any atom is 0.273 e. The van der Waals surface area contributed by atoms with E-state index in [0.29, 0.717) is 11.7 Å². The van der Waals surface area contributed by atoms with E-state index in [1.54, 1.807) is 6.92 Å². The van der Waals surface area contributed by atoms with Gasteiger partial charge in [0.1, 0.15) is 5.76 Å². The molecule has 2 rings (SSSR count). The van der Waals surface area contributed by atoms with E-state index >= 15 is 0 Å². The van der Waals surface area contributed by atoms with Crippen molar-refractivity contribution in [3.63, 3.8) is 0 Å². The van der Waals surface area contributed by atoms with Crippen LogP contribution in [0.15, 0.2) is 34.7 Å². The van der Waals surface area contributed by atoms with Crippen molar-refractivity contribution in [2.75, 3.05) is 13.2 Å². The average Bonchev–Trinajstić information content (AvgIpc) is 2.79. The predicted octanol–water partition coefficient (Wildman–Crippen LogP) is 1.37. The van der Waals surface area contributed by atoms with Crippen LogP contribution in [0, 0.1) is 6.92 Å². The van der Waals surface area contributed by atoms with Gasteiger partial charge in [0.15, 0.2) is 5.69 Å². The Morgan fingerprint density at radius 1 is 1.39 bits per heavy atom. The molecule has 0 aliphatic carbocycles. The summed E-state index contributed by atoms with van der Waals surface area (Å²) in [6.45, 7) is 1.79. The predicted molar refractivity (Wildman–Crippen MR) is 66.1 cm³/mol. The molecule has 1 amide bonds. The fourth-order valence-electron chi connectivity index (χ4n) is 1.56. The molecule has 0 saturated carbocycles. The third-order valence-electron chi connectivity index (χ3n) is 2.43. The van der Waals surface area contributed by atoms with Crippen LogP contribution in [0.2, 0.25) is 0 Å². The van der Waals surface area contributed by atoms with Gasteiger partial charge in [0.2, 0.25) is 5.89 Å². The SMILES string of the molecule is Cc1oc(-c2ccccc2)nc1C(=O)NCCO. The van der Waals surface area contributed by atoms with Crippen LogP contribution < -0.4 is 5.32 Å². The molecule has 18 heavy (non-hydrogen) atoms. The molecule has 2 aromatic rings. The second-order valence-electron chi connectivity index (χ2n) is 3.77. The molecule has 0 spiro atoms. The van der Waals surface area contributed by atoms with E-state index < -0.39 is 0 Å². The highest BCUT2D eigenvalue weighted by Gasteiger charge is 2.17. The highest BCUT2D eigenvalue weighted by molar-refractivity contribution is 5.93. The molecule has 94 valence electrons. The van der Waals surface area contributed by atoms with Crippen LogP contribution in [-0.4, -0.2) is 29.1 Å². The number of rotatable bonds is 4. The Hall–Kier alpha value is -2.14. The highest BCUT2D eigenvalue weighted by atomic mass is 16.4. The van der Waals surface area contributed by atoms with Gasteiger partial charge in [0, 0.05) is 12.1 Å². The maximum atomic E-state index is 11.7. The smallest absolute Gasteiger partial charge is 0.273 e. The summed E-state index contributed by atoms with van der Waals surface area (Å²) in [7, 11) is 0. The molecule has 0 saturated heterocycles. The molecule has 0 radical (unpaired) electrons. The lowest BCUT2D eigenvalue weighted by Crippen LogP contribution is -2.27. The summed E-state index contributed by atoms with van der Waals surface area (Å²) in [5.74, 6) is 0.541. The molecule has 5 nitrogen and oxygen atoms in total. The number of hydrogen-bond donors (Lipinski definition) is 2. The summed E-state index contributed by atoms with van der Waals surface area (Å²) in [6.07, 6.45) is 0. The number of aliphatic hydroxyl groups is 1. The minimum Gasteiger partial charge on any atom is -0.441 e. The number of benzene rings is 1. The van der Waals surface area contributed by atoms with Gasteiger partial charge in [-0.25, -0.2) is 4.98 Å². The van der Waals surface area contributed by atoms with Gasteiger partial charge < -0.3 is 14.8 Å². The topological polar surface area (TPSA) is 75.4 Å². The minimum atomic E-state index is -0.340. The first-order chi connectivity index (χ1) is 8.72. The largest absolute Gasteiger partial charge is 0.441 e. The van der Waals surface area contributed by atoms with Gasteiger partial charge in [-0.1, -0.05) is 18.2 Å². The lowest BCUT2D eigenvalue weighted by atomic mass is 10.2. The van der Waals surface area contributed by atoms with Gasteiger partial charge in [-0.2, -0.15) is 0 Å². The van der Waals surface area contributed by atoms with Crippen LogP contribution in [0.4, 0.5) is 0 Å². The number of hydrogen-bond acceptors (Lipinski definition) is 4. The van der Waals surface area contributed by atoms with Crippen molar-refractivity contribution in [1.29, 1.82) is 0 Å². The number of aliphatic hydroxyl groups excluding tert-OH is 1. The zero-order valence-corrected chi connectivity index (χ0v) is 10.0. The van der Waals surface area contributed by atoms with Crippen molar-refractivity contribution in [2.45, 2.75) is 6.92 Å². The quantitative estimate of drug-likeness (QED) is 0.854. The van der Waals surface area contributed by atoms with Crippen LogP contribution in [0.25, 0.3) is 11.5 Å². The van der Waals surface area contributed by atoms with Crippen LogP contribution in [0.1, 0.15) is 16.2 Å². The van der Waals surface area contributed by atoms with E-state index in [1.807, 2.05) is 30.3 Å². The average molecular weight is 246 g/mol. The van der Waals surface area contributed by atoms with Gasteiger partial charge in [0.05, 0.1) is 6.61 Å². The Morgan fingerprint density at radius 3 is 2.78 bits per heavy atom. The summed E-state index contributed by atoms with van der Waals surface area (Å²) < 4.78 is 5.47. The van der Waals surface area contributed by atoms with Crippen molar-refractivity contribution in [3.05, 3.63) is 41.8 Å². The molecule has 0 unspecified atom stereocenters. The summed E-state index contributed by atoms with van der Waals surface area (Å²) in [4.78, 5) is 15.9. The van der Waals surface area contributed by atoms with Crippen molar-refractivity contribution < 1.29 is 14.3 Å². The second kappa shape index (κ2) is 5.46. The zero-order chi connectivity index (χ0) is 13.0. The Morgan fingerprint density at radius 2 is 2.11 bits per heavy atom. The number of nitrogens with one attached hydrogen (secondary N) is 1. The Balaban J connectivity index is 2.25. The first kappa shape index (κ1) is 12.3. The van der Waals surface area contributed by atoms with E-state index in [2.05, 4.69) is 10.3 Å². The van der Waals surface area contributed by atoms with Gasteiger partial charge in [-0.3, -0.25) is 4.79 Å². The van der Waals surface area contributed by atoms with Crippen LogP contribution in [0.3, 0.4) is 0 Å². The lowest BCUT2D eigenvalue weighted by molar-refractivity contribution is 0.0939. The number of amides is 1. The number of nitrogens with zero attached hydrogens (tertiary/aromatic N) is 1. The summed E-state index contributed by atoms with van der Waals surface area (Å²) in [5, 5.41) is 11.2. The number of oxazole rings is 1. The number of aryl methyl sites for hydroxylation is 1. The van der Waals surface area contributed by atoms with E-state index in [4.69, 9.17) is 9.52 Å². The molecule has 0 atom stereocenters. The Kier molecular flexibility index (Phi) is 3.74. The molecule has 1 heterocycles. The van der Waals surface area contributed by atoms with Crippen molar-refractivity contribution in [3.8, 4) is 11.5 Å². The van der Waals surface area contributed by atoms with Crippen LogP contribution >= 0.6 is 0 Å². The summed E-state index contributed by atoms with van der Waals surface area (Å²) in [5.41, 5.74) is 1.07. The Bertz CT molecular complexity index is 534. The van der Waals surface area contributed by atoms with Crippen molar-refractivity contribution >= 4 is 5.91 Å². The standard InChI is InChI=1S/C13H14N2O3/c1-9-11(12(17)14-7-8-16)15-13(18-9)10-5-3-2-4-6-10/h2-6,16H,7-8H2,1H3,(H,14,17). The molecule has 0 fully saturated rings. The fraction of sp³-hybridized carbons (Fsp3) is 0.231. The highest BCUT2D eigenvalue weighted by Crippen LogP contribution is 2.21. The van der Waals surface area contributed by atoms with Crippen molar-refractivity contribution in [1.82, 2.24) is 10.3 Å². The maximum absolute atomic E-state index is 11.7. The molecule has 1 aromatic carbocycles. The first-order valence-corrected chi connectivity index (χ1v) is 5.64. The Labute approximate surface area is 104 Å². The zero-order valence-electron chi connectivity index (χ0n) is 10.0. The van der Waals surface area contributed by atoms with Gasteiger partial charge >= 0.3 is 0 Å². The van der Waals surface area contributed by atoms with Crippen LogP contribution in [-0.2, 0) is 0 Å². The number of carbonyl (C=O) groups excluding carboxylic acids is 1. The van der Waals surface area contributed by atoms with Gasteiger partial charge in [-0.05, 0) is 19.1 Å². The van der Waals surface area contributed by atoms with E-state index in [0.717, 1.165) is 5.56 Å². The van der Waals surface area contributed by atoms with E-state index in [9.17, 15) is 4.79 Å². The number of aromatic nitrogens is 1. The third kappa shape index (κ3) is 2.57. The molecule has 1 aromatic heterocycles. The molecule has 5 heteroatoms. The fourth-order valence-corrected chi connectivity index (χ4v) is 1.56. The number of carbonyl (C=O) groups is 1. The molecular formula is C13H14N2O3. The molecular weight excluding hydrogens is 232 g/mol. The van der Waals surface area contributed by atoms with Crippen LogP contribution in [0.5, 0.6) is 0 Å². The van der Waals surface area contributed by atoms with E-state index in [1.165, 1.54) is 0 Å². The normalized spacial score (nSPS) is 10.3. The molecule has 2 N–H and O–H groups in total. The molecule has 0 bridgehead atoms. The third-order valence-corrected chi connectivity index (χ3v) is 2.43. The summed E-state index contributed by atoms with van der Waals surface area (Å²) in [6, 6.07) is 9.37. The van der Waals surface area contributed by atoms with Gasteiger partial charge in [-0.15, -0.1) is 0 Å². The second-order valence-corrected chi connectivity index (χ2v) is 3.77.